The van der Waals surface area contributed by atoms with E-state index in [9.17, 15) is 4.79 Å². The molecular weight excluding hydrogens is 422 g/mol. The van der Waals surface area contributed by atoms with Gasteiger partial charge in [0.2, 0.25) is 5.91 Å². The van der Waals surface area contributed by atoms with Crippen molar-refractivity contribution in [2.75, 3.05) is 17.7 Å². The molecule has 2 aromatic heterocycles. The van der Waals surface area contributed by atoms with E-state index in [2.05, 4.69) is 27.1 Å². The molecular formula is C20H23N5O3S2. The molecule has 0 bridgehead atoms. The monoisotopic (exact) mass is 445 g/mol. The van der Waals surface area contributed by atoms with Crippen molar-refractivity contribution in [2.24, 2.45) is 0 Å². The van der Waals surface area contributed by atoms with Crippen LogP contribution in [0.2, 0.25) is 0 Å². The first-order chi connectivity index (χ1) is 14.6. The zero-order valence-corrected chi connectivity index (χ0v) is 18.5. The fourth-order valence-corrected chi connectivity index (χ4v) is 3.87. The van der Waals surface area contributed by atoms with Crippen molar-refractivity contribution in [3.63, 3.8) is 0 Å². The van der Waals surface area contributed by atoms with E-state index < -0.39 is 0 Å². The number of rotatable bonds is 11. The van der Waals surface area contributed by atoms with Gasteiger partial charge in [-0.05, 0) is 31.5 Å². The molecule has 0 atom stereocenters. The third kappa shape index (κ3) is 5.83. The Hall–Kier alpha value is -2.85. The molecule has 1 amide bonds. The summed E-state index contributed by atoms with van der Waals surface area (Å²) >= 11 is 2.67. The van der Waals surface area contributed by atoms with Crippen molar-refractivity contribution in [1.82, 2.24) is 19.7 Å². The second-order valence-corrected chi connectivity index (χ2v) is 7.98. The number of ether oxygens (including phenoxy) is 2. The molecule has 3 aromatic rings. The van der Waals surface area contributed by atoms with Crippen molar-refractivity contribution in [3.8, 4) is 11.5 Å². The zero-order valence-electron chi connectivity index (χ0n) is 16.8. The van der Waals surface area contributed by atoms with Crippen LogP contribution >= 0.6 is 23.1 Å². The number of amides is 1. The minimum atomic E-state index is -0.151. The Balaban J connectivity index is 1.65. The van der Waals surface area contributed by atoms with E-state index in [1.165, 1.54) is 23.1 Å². The number of aromatic nitrogens is 4. The van der Waals surface area contributed by atoms with Gasteiger partial charge in [0.25, 0.3) is 0 Å². The SMILES string of the molecule is C=CCn1c(COc2ccc(C)cc2OCC)nnc1SCC(=O)Nc1nccs1. The second-order valence-electron chi connectivity index (χ2n) is 6.14. The van der Waals surface area contributed by atoms with Crippen LogP contribution in [0.4, 0.5) is 5.13 Å². The van der Waals surface area contributed by atoms with Crippen LogP contribution in [0.25, 0.3) is 0 Å². The minimum Gasteiger partial charge on any atom is -0.490 e. The second kappa shape index (κ2) is 10.8. The average molecular weight is 446 g/mol. The van der Waals surface area contributed by atoms with Crippen LogP contribution in [0.5, 0.6) is 11.5 Å². The van der Waals surface area contributed by atoms with Crippen LogP contribution in [0, 0.1) is 6.92 Å². The van der Waals surface area contributed by atoms with Gasteiger partial charge in [0.05, 0.1) is 12.4 Å². The summed E-state index contributed by atoms with van der Waals surface area (Å²) in [6.07, 6.45) is 3.40. The molecule has 8 nitrogen and oxygen atoms in total. The smallest absolute Gasteiger partial charge is 0.236 e. The lowest BCUT2D eigenvalue weighted by Gasteiger charge is -2.13. The molecule has 0 saturated carbocycles. The van der Waals surface area contributed by atoms with Crippen LogP contribution in [-0.2, 0) is 17.9 Å². The first kappa shape index (κ1) is 21.8. The summed E-state index contributed by atoms with van der Waals surface area (Å²) in [5.74, 6) is 2.03. The molecule has 1 N–H and O–H groups in total. The Kier molecular flexibility index (Phi) is 7.86. The Morgan fingerprint density at radius 3 is 2.93 bits per heavy atom. The summed E-state index contributed by atoms with van der Waals surface area (Å²) in [6, 6.07) is 5.79. The molecule has 0 spiro atoms. The third-order valence-corrected chi connectivity index (χ3v) is 5.53. The molecule has 0 aliphatic heterocycles. The highest BCUT2D eigenvalue weighted by Gasteiger charge is 2.15. The van der Waals surface area contributed by atoms with Gasteiger partial charge < -0.3 is 14.8 Å². The molecule has 2 heterocycles. The van der Waals surface area contributed by atoms with Gasteiger partial charge in [0, 0.05) is 18.1 Å². The van der Waals surface area contributed by atoms with E-state index in [0.29, 0.717) is 40.8 Å². The first-order valence-corrected chi connectivity index (χ1v) is 11.2. The number of nitrogens with one attached hydrogen (secondary N) is 1. The molecule has 158 valence electrons. The van der Waals surface area contributed by atoms with Gasteiger partial charge in [-0.3, -0.25) is 9.36 Å². The normalized spacial score (nSPS) is 10.6. The number of benzene rings is 1. The van der Waals surface area contributed by atoms with Crippen molar-refractivity contribution in [3.05, 3.63) is 53.8 Å². The summed E-state index contributed by atoms with van der Waals surface area (Å²) in [4.78, 5) is 16.2. The van der Waals surface area contributed by atoms with E-state index in [-0.39, 0.29) is 18.3 Å². The largest absolute Gasteiger partial charge is 0.490 e. The predicted molar refractivity (Wildman–Crippen MR) is 118 cm³/mol. The number of aryl methyl sites for hydroxylation is 1. The number of hydrogen-bond donors (Lipinski definition) is 1. The number of nitrogens with zero attached hydrogens (tertiary/aromatic N) is 4. The zero-order chi connectivity index (χ0) is 21.3. The van der Waals surface area contributed by atoms with Crippen molar-refractivity contribution >= 4 is 34.1 Å². The molecule has 0 unspecified atom stereocenters. The lowest BCUT2D eigenvalue weighted by molar-refractivity contribution is -0.113. The topological polar surface area (TPSA) is 91.2 Å². The lowest BCUT2D eigenvalue weighted by atomic mass is 10.2. The van der Waals surface area contributed by atoms with Gasteiger partial charge in [0.15, 0.2) is 27.6 Å². The molecule has 10 heteroatoms. The van der Waals surface area contributed by atoms with Gasteiger partial charge in [-0.25, -0.2) is 4.98 Å². The summed E-state index contributed by atoms with van der Waals surface area (Å²) in [5, 5.41) is 14.2. The van der Waals surface area contributed by atoms with E-state index in [0.717, 1.165) is 5.56 Å². The Morgan fingerprint density at radius 2 is 2.20 bits per heavy atom. The number of carbonyl (C=O) groups excluding carboxylic acids is 1. The van der Waals surface area contributed by atoms with E-state index in [1.54, 1.807) is 17.7 Å². The maximum Gasteiger partial charge on any atom is 0.236 e. The highest BCUT2D eigenvalue weighted by atomic mass is 32.2. The quantitative estimate of drug-likeness (QED) is 0.353. The number of thioether (sulfide) groups is 1. The molecule has 0 fully saturated rings. The van der Waals surface area contributed by atoms with Crippen LogP contribution in [0.15, 0.2) is 47.6 Å². The van der Waals surface area contributed by atoms with E-state index in [4.69, 9.17) is 9.47 Å². The molecule has 30 heavy (non-hydrogen) atoms. The van der Waals surface area contributed by atoms with E-state index >= 15 is 0 Å². The highest BCUT2D eigenvalue weighted by molar-refractivity contribution is 7.99. The Morgan fingerprint density at radius 1 is 1.33 bits per heavy atom. The van der Waals surface area contributed by atoms with Gasteiger partial charge in [0.1, 0.15) is 6.61 Å². The van der Waals surface area contributed by atoms with Gasteiger partial charge in [-0.15, -0.1) is 28.1 Å². The molecule has 0 aliphatic carbocycles. The fourth-order valence-electron chi connectivity index (χ4n) is 2.56. The molecule has 0 aliphatic rings. The summed E-state index contributed by atoms with van der Waals surface area (Å²) in [7, 11) is 0. The number of hydrogen-bond acceptors (Lipinski definition) is 8. The predicted octanol–water partition coefficient (Wildman–Crippen LogP) is 3.94. The van der Waals surface area contributed by atoms with Gasteiger partial charge in [-0.2, -0.15) is 0 Å². The fraction of sp³-hybridized carbons (Fsp3) is 0.300. The van der Waals surface area contributed by atoms with Crippen LogP contribution in [0.3, 0.4) is 0 Å². The summed E-state index contributed by atoms with van der Waals surface area (Å²) in [5.41, 5.74) is 1.09. The maximum absolute atomic E-state index is 12.1. The summed E-state index contributed by atoms with van der Waals surface area (Å²) < 4.78 is 13.5. The number of carbonyl (C=O) groups is 1. The maximum atomic E-state index is 12.1. The lowest BCUT2D eigenvalue weighted by Crippen LogP contribution is -2.14. The Labute approximate surface area is 183 Å². The van der Waals surface area contributed by atoms with Crippen LogP contribution < -0.4 is 14.8 Å². The van der Waals surface area contributed by atoms with Crippen molar-refractivity contribution < 1.29 is 14.3 Å². The van der Waals surface area contributed by atoms with Gasteiger partial charge in [-0.1, -0.05) is 23.9 Å². The van der Waals surface area contributed by atoms with Crippen molar-refractivity contribution in [2.45, 2.75) is 32.2 Å². The standard InChI is InChI=1S/C20H23N5O3S2/c1-4-9-25-17(12-28-15-7-6-14(3)11-16(15)27-5-2)23-24-20(25)30-13-18(26)22-19-21-8-10-29-19/h4,6-8,10-11H,1,5,9,12-13H2,2-3H3,(H,21,22,26). The molecule has 1 aromatic carbocycles. The molecule has 0 saturated heterocycles. The number of thiazole rings is 1. The number of anilines is 1. The Bertz CT molecular complexity index is 989. The van der Waals surface area contributed by atoms with Crippen LogP contribution in [0.1, 0.15) is 18.3 Å². The summed E-state index contributed by atoms with van der Waals surface area (Å²) in [6.45, 7) is 9.01. The van der Waals surface area contributed by atoms with E-state index in [1.807, 2.05) is 36.6 Å². The first-order valence-electron chi connectivity index (χ1n) is 9.32. The van der Waals surface area contributed by atoms with Gasteiger partial charge >= 0.3 is 0 Å². The van der Waals surface area contributed by atoms with Crippen molar-refractivity contribution in [1.29, 1.82) is 0 Å². The highest BCUT2D eigenvalue weighted by Crippen LogP contribution is 2.29. The minimum absolute atomic E-state index is 0.151. The number of allylic oxidation sites excluding steroid dienone is 1. The third-order valence-electron chi connectivity index (χ3n) is 3.87. The molecule has 3 rings (SSSR count). The molecule has 0 radical (unpaired) electrons. The average Bonchev–Trinajstić information content (AvgIpc) is 3.37. The van der Waals surface area contributed by atoms with Crippen LogP contribution in [-0.4, -0.2) is 38.0 Å².